The van der Waals surface area contributed by atoms with E-state index in [2.05, 4.69) is 6.92 Å². The van der Waals surface area contributed by atoms with Gasteiger partial charge in [-0.3, -0.25) is 14.4 Å². The fraction of sp³-hybridized carbons (Fsp3) is 0.788. The zero-order valence-electron chi connectivity index (χ0n) is 26.5. The first-order valence-electron chi connectivity index (χ1n) is 15.2. The Kier molecular flexibility index (Phi) is 9.45. The monoisotopic (exact) mass is 576 g/mol. The minimum atomic E-state index is -2.28. The number of carbonyl (C=O) groups excluding carboxylic acids is 3. The van der Waals surface area contributed by atoms with Crippen molar-refractivity contribution in [2.45, 2.75) is 131 Å². The van der Waals surface area contributed by atoms with E-state index >= 15 is 0 Å². The lowest BCUT2D eigenvalue weighted by molar-refractivity contribution is -0.208. The van der Waals surface area contributed by atoms with Crippen LogP contribution in [0, 0.1) is 28.1 Å². The van der Waals surface area contributed by atoms with E-state index in [-0.39, 0.29) is 30.2 Å². The third-order valence-corrected chi connectivity index (χ3v) is 10.2. The van der Waals surface area contributed by atoms with E-state index in [0.717, 1.165) is 32.1 Å². The lowest BCUT2D eigenvalue weighted by Crippen LogP contribution is -2.66. The largest absolute Gasteiger partial charge is 0.459 e. The molecule has 2 bridgehead atoms. The molecule has 0 aromatic rings. The van der Waals surface area contributed by atoms with Crippen molar-refractivity contribution in [3.05, 3.63) is 23.3 Å². The molecule has 0 aromatic heterocycles. The minimum absolute atomic E-state index is 0.0689. The zero-order chi connectivity index (χ0) is 31.2. The van der Waals surface area contributed by atoms with Gasteiger partial charge in [0.2, 0.25) is 0 Å². The number of esters is 2. The number of unbranched alkanes of at least 4 members (excludes halogenated alkanes) is 4. The van der Waals surface area contributed by atoms with Crippen molar-refractivity contribution >= 4 is 17.7 Å². The molecule has 8 nitrogen and oxygen atoms in total. The molecule has 232 valence electrons. The number of aliphatic hydroxyl groups is 3. The average Bonchev–Trinajstić information content (AvgIpc) is 3.04. The highest BCUT2D eigenvalue weighted by atomic mass is 16.6. The number of rotatable bonds is 9. The third kappa shape index (κ3) is 5.33. The summed E-state index contributed by atoms with van der Waals surface area (Å²) in [5.41, 5.74) is -6.40. The van der Waals surface area contributed by atoms with E-state index in [1.807, 2.05) is 27.7 Å². The molecule has 41 heavy (non-hydrogen) atoms. The first kappa shape index (κ1) is 33.5. The number of allylic oxidation sites excluding steroid dienone is 1. The average molecular weight is 577 g/mol. The van der Waals surface area contributed by atoms with E-state index in [4.69, 9.17) is 9.47 Å². The SMILES string of the molecule is CCCCCCCC(=O)O[C@]1(C)C[C@@H](C)C23C=C(C)C(OC(=O)C(C)(C)C)C2(O)C(O)C(CO)=CC(C3=O)C1(C)C. The Labute approximate surface area is 245 Å². The Bertz CT molecular complexity index is 1100. The van der Waals surface area contributed by atoms with Crippen LogP contribution in [0.2, 0.25) is 0 Å². The quantitative estimate of drug-likeness (QED) is 0.202. The summed E-state index contributed by atoms with van der Waals surface area (Å²) in [4.78, 5) is 41.0. The summed E-state index contributed by atoms with van der Waals surface area (Å²) < 4.78 is 12.1. The molecule has 3 rings (SSSR count). The molecule has 0 amide bonds. The van der Waals surface area contributed by atoms with Gasteiger partial charge in [-0.05, 0) is 64.5 Å². The van der Waals surface area contributed by atoms with Crippen molar-refractivity contribution < 1.29 is 39.2 Å². The summed E-state index contributed by atoms with van der Waals surface area (Å²) in [6.45, 7) is 15.6. The van der Waals surface area contributed by atoms with Gasteiger partial charge in [-0.2, -0.15) is 0 Å². The molecule has 7 atom stereocenters. The molecule has 8 heteroatoms. The lowest BCUT2D eigenvalue weighted by atomic mass is 9.59. The maximum absolute atomic E-state index is 14.8. The molecule has 1 fully saturated rings. The van der Waals surface area contributed by atoms with Crippen molar-refractivity contribution in [3.63, 3.8) is 0 Å². The summed E-state index contributed by atoms with van der Waals surface area (Å²) in [6.07, 6.45) is 5.65. The maximum atomic E-state index is 14.8. The van der Waals surface area contributed by atoms with Gasteiger partial charge in [-0.25, -0.2) is 0 Å². The molecule has 5 unspecified atom stereocenters. The highest BCUT2D eigenvalue weighted by Gasteiger charge is 2.75. The number of aliphatic hydroxyl groups excluding tert-OH is 2. The van der Waals surface area contributed by atoms with E-state index in [0.29, 0.717) is 5.57 Å². The van der Waals surface area contributed by atoms with E-state index in [1.165, 1.54) is 6.08 Å². The molecule has 3 aliphatic rings. The molecule has 0 aromatic carbocycles. The van der Waals surface area contributed by atoms with Crippen LogP contribution in [0.5, 0.6) is 0 Å². The Morgan fingerprint density at radius 2 is 1.71 bits per heavy atom. The smallest absolute Gasteiger partial charge is 0.311 e. The van der Waals surface area contributed by atoms with Gasteiger partial charge in [0, 0.05) is 17.8 Å². The van der Waals surface area contributed by atoms with Gasteiger partial charge in [-0.1, -0.05) is 65.5 Å². The van der Waals surface area contributed by atoms with Crippen LogP contribution in [0.4, 0.5) is 0 Å². The van der Waals surface area contributed by atoms with Crippen LogP contribution in [-0.4, -0.2) is 63.1 Å². The summed E-state index contributed by atoms with van der Waals surface area (Å²) in [7, 11) is 0. The normalized spacial score (nSPS) is 36.4. The van der Waals surface area contributed by atoms with Gasteiger partial charge in [0.05, 0.1) is 17.4 Å². The van der Waals surface area contributed by atoms with Gasteiger partial charge in [0.25, 0.3) is 0 Å². The van der Waals surface area contributed by atoms with Gasteiger partial charge in [0.1, 0.15) is 11.7 Å². The molecule has 3 N–H and O–H groups in total. The molecule has 0 saturated heterocycles. The highest BCUT2D eigenvalue weighted by molar-refractivity contribution is 5.95. The topological polar surface area (TPSA) is 130 Å². The first-order valence-corrected chi connectivity index (χ1v) is 15.2. The van der Waals surface area contributed by atoms with Crippen LogP contribution in [0.25, 0.3) is 0 Å². The van der Waals surface area contributed by atoms with Gasteiger partial charge < -0.3 is 24.8 Å². The summed E-state index contributed by atoms with van der Waals surface area (Å²) in [6, 6.07) is 0. The summed E-state index contributed by atoms with van der Waals surface area (Å²) in [5, 5.41) is 34.7. The number of ether oxygens (including phenoxy) is 2. The second-order valence-electron chi connectivity index (χ2n) is 14.5. The predicted molar refractivity (Wildman–Crippen MR) is 156 cm³/mol. The van der Waals surface area contributed by atoms with Crippen molar-refractivity contribution in [1.82, 2.24) is 0 Å². The fourth-order valence-electron chi connectivity index (χ4n) is 7.28. The van der Waals surface area contributed by atoms with E-state index < -0.39 is 64.1 Å². The van der Waals surface area contributed by atoms with Crippen molar-refractivity contribution in [3.8, 4) is 0 Å². The molecular formula is C33H52O8. The second-order valence-corrected chi connectivity index (χ2v) is 14.5. The number of hydrogen-bond donors (Lipinski definition) is 3. The molecule has 3 aliphatic carbocycles. The summed E-state index contributed by atoms with van der Waals surface area (Å²) >= 11 is 0. The lowest BCUT2D eigenvalue weighted by Gasteiger charge is -2.49. The third-order valence-electron chi connectivity index (χ3n) is 10.2. The number of fused-ring (bicyclic) bond motifs is 1. The fourth-order valence-corrected chi connectivity index (χ4v) is 7.28. The number of Topliss-reactive ketones (excluding diaryl/α,β-unsaturated/α-hetero) is 1. The van der Waals surface area contributed by atoms with Gasteiger partial charge >= 0.3 is 11.9 Å². The molecule has 1 saturated carbocycles. The van der Waals surface area contributed by atoms with Crippen LogP contribution in [0.1, 0.15) is 107 Å². The van der Waals surface area contributed by atoms with Gasteiger partial charge in [0.15, 0.2) is 17.5 Å². The maximum Gasteiger partial charge on any atom is 0.311 e. The Hall–Kier alpha value is -2.03. The first-order chi connectivity index (χ1) is 18.8. The standard InChI is InChI=1S/C33H52O8/c1-10-11-12-13-14-15-24(35)41-31(9)18-21(3)32-17-20(2)27(40-28(38)29(4,5)6)33(32,39)25(36)22(19-34)16-23(26(32)37)30(31,7)8/h16-17,21,23,25,27,34,36,39H,10-15,18-19H2,1-9H3/t21-,23?,25?,27?,31-,32?,33?/m1/s1. The van der Waals surface area contributed by atoms with Crippen molar-refractivity contribution in [2.24, 2.45) is 28.1 Å². The number of hydrogen-bond acceptors (Lipinski definition) is 8. The van der Waals surface area contributed by atoms with E-state index in [9.17, 15) is 29.7 Å². The van der Waals surface area contributed by atoms with E-state index in [1.54, 1.807) is 33.8 Å². The highest BCUT2D eigenvalue weighted by Crippen LogP contribution is 2.64. The Morgan fingerprint density at radius 1 is 1.10 bits per heavy atom. The molecular weight excluding hydrogens is 524 g/mol. The van der Waals surface area contributed by atoms with Gasteiger partial charge in [-0.15, -0.1) is 0 Å². The Balaban J connectivity index is 2.13. The predicted octanol–water partition coefficient (Wildman–Crippen LogP) is 4.83. The number of carbonyl (C=O) groups is 3. The molecule has 1 spiro atoms. The summed E-state index contributed by atoms with van der Waals surface area (Å²) in [5.74, 6) is -2.81. The van der Waals surface area contributed by atoms with Crippen LogP contribution in [0.3, 0.4) is 0 Å². The molecule has 0 heterocycles. The van der Waals surface area contributed by atoms with Crippen LogP contribution in [0.15, 0.2) is 23.3 Å². The number of ketones is 1. The Morgan fingerprint density at radius 3 is 2.27 bits per heavy atom. The van der Waals surface area contributed by atoms with Crippen molar-refractivity contribution in [2.75, 3.05) is 6.61 Å². The van der Waals surface area contributed by atoms with Crippen LogP contribution >= 0.6 is 0 Å². The van der Waals surface area contributed by atoms with Crippen molar-refractivity contribution in [1.29, 1.82) is 0 Å². The molecule has 0 radical (unpaired) electrons. The van der Waals surface area contributed by atoms with Crippen LogP contribution in [-0.2, 0) is 23.9 Å². The second kappa shape index (κ2) is 11.6. The minimum Gasteiger partial charge on any atom is -0.459 e. The molecule has 0 aliphatic heterocycles. The van der Waals surface area contributed by atoms with Crippen LogP contribution < -0.4 is 0 Å². The zero-order valence-corrected chi connectivity index (χ0v) is 26.5.